The molecule has 2 aromatic rings. The first-order chi connectivity index (χ1) is 12.8. The standard InChI is InChI=1S/C23H27N3O/c1-23(2)13-19-21(20(27)14-23)22(15-9-11-16(12-10-15)26(3)4)25-18-8-6-5-7-17(18)24-19/h5-12,22,24-25H,13-14H2,1-4H3/t22-/m1/s1. The summed E-state index contributed by atoms with van der Waals surface area (Å²) in [5.74, 6) is 0.232. The van der Waals surface area contributed by atoms with Gasteiger partial charge in [-0.2, -0.15) is 0 Å². The molecule has 4 rings (SSSR count). The van der Waals surface area contributed by atoms with E-state index in [1.807, 2.05) is 26.2 Å². The van der Waals surface area contributed by atoms with Crippen LogP contribution in [0.2, 0.25) is 0 Å². The maximum Gasteiger partial charge on any atom is 0.163 e. The zero-order valence-corrected chi connectivity index (χ0v) is 16.5. The van der Waals surface area contributed by atoms with Gasteiger partial charge in [-0.3, -0.25) is 4.79 Å². The Hall–Kier alpha value is -2.75. The van der Waals surface area contributed by atoms with E-state index in [0.29, 0.717) is 6.42 Å². The summed E-state index contributed by atoms with van der Waals surface area (Å²) in [7, 11) is 4.07. The second-order valence-corrected chi connectivity index (χ2v) is 8.57. The van der Waals surface area contributed by atoms with E-state index in [1.165, 1.54) is 0 Å². The number of nitrogens with zero attached hydrogens (tertiary/aromatic N) is 1. The Morgan fingerprint density at radius 3 is 2.30 bits per heavy atom. The second-order valence-electron chi connectivity index (χ2n) is 8.57. The van der Waals surface area contributed by atoms with E-state index in [9.17, 15) is 4.79 Å². The SMILES string of the molecule is CN(C)c1ccc([C@H]2Nc3ccccc3NC3=C2C(=O)CC(C)(C)C3)cc1. The summed E-state index contributed by atoms with van der Waals surface area (Å²) in [6, 6.07) is 16.5. The topological polar surface area (TPSA) is 44.4 Å². The molecule has 1 atom stereocenters. The molecule has 0 bridgehead atoms. The number of benzene rings is 2. The van der Waals surface area contributed by atoms with Gasteiger partial charge in [-0.1, -0.05) is 38.1 Å². The number of nitrogens with one attached hydrogen (secondary N) is 2. The number of carbonyl (C=O) groups is 1. The Kier molecular flexibility index (Phi) is 4.22. The van der Waals surface area contributed by atoms with Crippen LogP contribution in [0.3, 0.4) is 0 Å². The van der Waals surface area contributed by atoms with Gasteiger partial charge >= 0.3 is 0 Å². The lowest BCUT2D eigenvalue weighted by Crippen LogP contribution is -2.31. The van der Waals surface area contributed by atoms with E-state index in [4.69, 9.17) is 0 Å². The molecule has 0 unspecified atom stereocenters. The number of rotatable bonds is 2. The lowest BCUT2D eigenvalue weighted by Gasteiger charge is -2.34. The van der Waals surface area contributed by atoms with Gasteiger partial charge in [0.2, 0.25) is 0 Å². The van der Waals surface area contributed by atoms with Gasteiger partial charge in [-0.15, -0.1) is 0 Å². The highest BCUT2D eigenvalue weighted by Gasteiger charge is 2.38. The van der Waals surface area contributed by atoms with Crippen LogP contribution in [-0.2, 0) is 4.79 Å². The molecule has 0 spiro atoms. The Morgan fingerprint density at radius 1 is 0.963 bits per heavy atom. The monoisotopic (exact) mass is 361 g/mol. The first-order valence-corrected chi connectivity index (χ1v) is 9.50. The third-order valence-corrected chi connectivity index (χ3v) is 5.46. The fraction of sp³-hybridized carbons (Fsp3) is 0.348. The van der Waals surface area contributed by atoms with Gasteiger partial charge in [0.15, 0.2) is 5.78 Å². The number of para-hydroxylation sites is 2. The van der Waals surface area contributed by atoms with E-state index >= 15 is 0 Å². The Labute approximate surface area is 161 Å². The van der Waals surface area contributed by atoms with Gasteiger partial charge < -0.3 is 15.5 Å². The van der Waals surface area contributed by atoms with Crippen LogP contribution in [0, 0.1) is 5.41 Å². The van der Waals surface area contributed by atoms with E-state index in [1.54, 1.807) is 0 Å². The largest absolute Gasteiger partial charge is 0.378 e. The predicted molar refractivity (Wildman–Crippen MR) is 112 cm³/mol. The van der Waals surface area contributed by atoms with Gasteiger partial charge in [0.25, 0.3) is 0 Å². The second kappa shape index (κ2) is 6.45. The zero-order valence-electron chi connectivity index (χ0n) is 16.5. The molecule has 0 saturated heterocycles. The van der Waals surface area contributed by atoms with Crippen molar-refractivity contribution in [1.82, 2.24) is 0 Å². The van der Waals surface area contributed by atoms with Crippen molar-refractivity contribution in [1.29, 1.82) is 0 Å². The van der Waals surface area contributed by atoms with Crippen LogP contribution in [0.25, 0.3) is 0 Å². The van der Waals surface area contributed by atoms with E-state index in [2.05, 4.69) is 65.8 Å². The van der Waals surface area contributed by atoms with Crippen LogP contribution in [0.5, 0.6) is 0 Å². The maximum absolute atomic E-state index is 13.2. The molecule has 1 aliphatic heterocycles. The van der Waals surface area contributed by atoms with Crippen molar-refractivity contribution < 1.29 is 4.79 Å². The minimum absolute atomic E-state index is 0.0263. The van der Waals surface area contributed by atoms with Crippen molar-refractivity contribution in [3.63, 3.8) is 0 Å². The number of fused-ring (bicyclic) bond motifs is 1. The Balaban J connectivity index is 1.83. The predicted octanol–water partition coefficient (Wildman–Crippen LogP) is 4.97. The number of ketones is 1. The molecule has 0 aromatic heterocycles. The highest BCUT2D eigenvalue weighted by molar-refractivity contribution is 6.01. The molecule has 0 saturated carbocycles. The number of Topliss-reactive ketones (excluding diaryl/α,β-unsaturated/α-hetero) is 1. The van der Waals surface area contributed by atoms with Crippen LogP contribution in [0.15, 0.2) is 59.8 Å². The summed E-state index contributed by atoms with van der Waals surface area (Å²) >= 11 is 0. The lowest BCUT2D eigenvalue weighted by atomic mass is 9.73. The molecule has 1 heterocycles. The van der Waals surface area contributed by atoms with Crippen molar-refractivity contribution >= 4 is 22.8 Å². The van der Waals surface area contributed by atoms with Crippen molar-refractivity contribution in [2.45, 2.75) is 32.7 Å². The van der Waals surface area contributed by atoms with E-state index in [-0.39, 0.29) is 17.2 Å². The smallest absolute Gasteiger partial charge is 0.163 e. The van der Waals surface area contributed by atoms with Crippen molar-refractivity contribution in [3.05, 3.63) is 65.4 Å². The molecule has 4 nitrogen and oxygen atoms in total. The quantitative estimate of drug-likeness (QED) is 0.792. The maximum atomic E-state index is 13.2. The van der Waals surface area contributed by atoms with Crippen LogP contribution in [0.1, 0.15) is 38.3 Å². The number of hydrogen-bond donors (Lipinski definition) is 2. The lowest BCUT2D eigenvalue weighted by molar-refractivity contribution is -0.118. The number of allylic oxidation sites excluding steroid dienone is 1. The number of hydrogen-bond acceptors (Lipinski definition) is 4. The molecule has 27 heavy (non-hydrogen) atoms. The minimum atomic E-state index is -0.143. The average molecular weight is 361 g/mol. The normalized spacial score (nSPS) is 20.7. The first-order valence-electron chi connectivity index (χ1n) is 9.50. The van der Waals surface area contributed by atoms with Gasteiger partial charge in [0.1, 0.15) is 0 Å². The summed E-state index contributed by atoms with van der Waals surface area (Å²) in [5.41, 5.74) is 6.22. The molecular formula is C23H27N3O. The molecular weight excluding hydrogens is 334 g/mol. The Morgan fingerprint density at radius 2 is 1.63 bits per heavy atom. The molecule has 140 valence electrons. The van der Waals surface area contributed by atoms with Crippen molar-refractivity contribution in [2.24, 2.45) is 5.41 Å². The molecule has 0 radical (unpaired) electrons. The highest BCUT2D eigenvalue weighted by Crippen LogP contribution is 2.45. The van der Waals surface area contributed by atoms with Crippen LogP contribution < -0.4 is 15.5 Å². The number of carbonyl (C=O) groups excluding carboxylic acids is 1. The molecule has 1 aliphatic carbocycles. The van der Waals surface area contributed by atoms with Gasteiger partial charge in [-0.25, -0.2) is 0 Å². The summed E-state index contributed by atoms with van der Waals surface area (Å²) in [5, 5.41) is 7.19. The highest BCUT2D eigenvalue weighted by atomic mass is 16.1. The third kappa shape index (κ3) is 3.32. The van der Waals surface area contributed by atoms with E-state index < -0.39 is 0 Å². The Bertz CT molecular complexity index is 909. The zero-order chi connectivity index (χ0) is 19.2. The van der Waals surface area contributed by atoms with Crippen LogP contribution >= 0.6 is 0 Å². The summed E-state index contributed by atoms with van der Waals surface area (Å²) in [6.07, 6.45) is 1.45. The fourth-order valence-corrected chi connectivity index (χ4v) is 4.10. The van der Waals surface area contributed by atoms with Gasteiger partial charge in [0.05, 0.1) is 17.4 Å². The average Bonchev–Trinajstić information content (AvgIpc) is 2.77. The third-order valence-electron chi connectivity index (χ3n) is 5.46. The summed E-state index contributed by atoms with van der Waals surface area (Å²) < 4.78 is 0. The molecule has 2 N–H and O–H groups in total. The van der Waals surface area contributed by atoms with Gasteiger partial charge in [0, 0.05) is 37.5 Å². The molecule has 4 heteroatoms. The number of anilines is 3. The first kappa shape index (κ1) is 17.7. The molecule has 0 fully saturated rings. The fourth-order valence-electron chi connectivity index (χ4n) is 4.10. The summed E-state index contributed by atoms with van der Waals surface area (Å²) in [4.78, 5) is 15.2. The van der Waals surface area contributed by atoms with Crippen molar-refractivity contribution in [3.8, 4) is 0 Å². The van der Waals surface area contributed by atoms with Crippen LogP contribution in [-0.4, -0.2) is 19.9 Å². The molecule has 0 amide bonds. The molecule has 2 aliphatic rings. The minimum Gasteiger partial charge on any atom is -0.378 e. The van der Waals surface area contributed by atoms with Gasteiger partial charge in [-0.05, 0) is 41.7 Å². The molecule has 2 aromatic carbocycles. The van der Waals surface area contributed by atoms with Crippen molar-refractivity contribution in [2.75, 3.05) is 29.6 Å². The van der Waals surface area contributed by atoms with E-state index in [0.717, 1.165) is 40.3 Å². The van der Waals surface area contributed by atoms with Crippen LogP contribution in [0.4, 0.5) is 17.1 Å². The summed E-state index contributed by atoms with van der Waals surface area (Å²) in [6.45, 7) is 4.34.